The Morgan fingerprint density at radius 1 is 1.09 bits per heavy atom. The van der Waals surface area contributed by atoms with E-state index < -0.39 is 0 Å². The molecule has 4 heteroatoms. The van der Waals surface area contributed by atoms with E-state index in [1.807, 2.05) is 0 Å². The second kappa shape index (κ2) is 6.80. The van der Waals surface area contributed by atoms with Crippen LogP contribution in [0.1, 0.15) is 30.4 Å². The Kier molecular flexibility index (Phi) is 4.56. The Morgan fingerprint density at radius 3 is 2.74 bits per heavy atom. The molecule has 3 aliphatic rings. The highest BCUT2D eigenvalue weighted by atomic mass is 16.5. The lowest BCUT2D eigenvalue weighted by Crippen LogP contribution is -2.39. The van der Waals surface area contributed by atoms with Gasteiger partial charge < -0.3 is 14.4 Å². The van der Waals surface area contributed by atoms with Crippen molar-refractivity contribution in [1.82, 2.24) is 9.80 Å². The van der Waals surface area contributed by atoms with E-state index in [9.17, 15) is 0 Å². The van der Waals surface area contributed by atoms with Gasteiger partial charge >= 0.3 is 0 Å². The summed E-state index contributed by atoms with van der Waals surface area (Å²) >= 11 is 0. The molecule has 0 N–H and O–H groups in total. The number of nitrogens with zero attached hydrogens (tertiary/aromatic N) is 2. The standard InChI is InChI=1S/C19H28N2O2/c1-20-8-5-18(6-9-20)23-19-3-2-16-13-21(10-4-15(16)12-19)17-7-11-22-14-17/h2-3,12,17-18H,4-11,13-14H2,1H3/t17-/m0/s1. The summed E-state index contributed by atoms with van der Waals surface area (Å²) in [5, 5.41) is 0. The topological polar surface area (TPSA) is 24.9 Å². The van der Waals surface area contributed by atoms with E-state index in [1.54, 1.807) is 0 Å². The summed E-state index contributed by atoms with van der Waals surface area (Å²) in [6.07, 6.45) is 5.00. The molecule has 3 aliphatic heterocycles. The van der Waals surface area contributed by atoms with Crippen LogP contribution in [0.4, 0.5) is 0 Å². The summed E-state index contributed by atoms with van der Waals surface area (Å²) in [6.45, 7) is 6.35. The van der Waals surface area contributed by atoms with Crippen LogP contribution >= 0.6 is 0 Å². The first-order valence-electron chi connectivity index (χ1n) is 9.07. The van der Waals surface area contributed by atoms with Gasteiger partial charge in [-0.15, -0.1) is 0 Å². The van der Waals surface area contributed by atoms with Gasteiger partial charge in [0.15, 0.2) is 0 Å². The summed E-state index contributed by atoms with van der Waals surface area (Å²) < 4.78 is 11.8. The number of hydrogen-bond acceptors (Lipinski definition) is 4. The minimum Gasteiger partial charge on any atom is -0.490 e. The number of likely N-dealkylation sites (tertiary alicyclic amines) is 1. The number of hydrogen-bond donors (Lipinski definition) is 0. The van der Waals surface area contributed by atoms with Gasteiger partial charge in [-0.3, -0.25) is 4.90 Å². The first-order valence-corrected chi connectivity index (χ1v) is 9.07. The van der Waals surface area contributed by atoms with Crippen molar-refractivity contribution >= 4 is 0 Å². The smallest absolute Gasteiger partial charge is 0.120 e. The maximum atomic E-state index is 6.24. The maximum absolute atomic E-state index is 6.24. The van der Waals surface area contributed by atoms with Crippen molar-refractivity contribution in [2.45, 2.75) is 44.4 Å². The van der Waals surface area contributed by atoms with Crippen molar-refractivity contribution in [1.29, 1.82) is 0 Å². The molecule has 23 heavy (non-hydrogen) atoms. The van der Waals surface area contributed by atoms with E-state index in [0.29, 0.717) is 12.1 Å². The van der Waals surface area contributed by atoms with Crippen molar-refractivity contribution in [3.05, 3.63) is 29.3 Å². The second-order valence-electron chi connectivity index (χ2n) is 7.29. The third-order valence-electron chi connectivity index (χ3n) is 5.61. The Bertz CT molecular complexity index is 534. The Balaban J connectivity index is 1.39. The quantitative estimate of drug-likeness (QED) is 0.854. The van der Waals surface area contributed by atoms with E-state index in [0.717, 1.165) is 64.4 Å². The fourth-order valence-corrected chi connectivity index (χ4v) is 4.04. The second-order valence-corrected chi connectivity index (χ2v) is 7.29. The Hall–Kier alpha value is -1.10. The molecule has 0 amide bonds. The van der Waals surface area contributed by atoms with Crippen LogP contribution < -0.4 is 4.74 Å². The van der Waals surface area contributed by atoms with Gasteiger partial charge in [-0.05, 0) is 56.0 Å². The van der Waals surface area contributed by atoms with Gasteiger partial charge in [-0.25, -0.2) is 0 Å². The monoisotopic (exact) mass is 316 g/mol. The number of piperidine rings is 1. The van der Waals surface area contributed by atoms with Gasteiger partial charge in [0.1, 0.15) is 11.9 Å². The highest BCUT2D eigenvalue weighted by molar-refractivity contribution is 5.37. The molecular weight excluding hydrogens is 288 g/mol. The molecule has 1 atom stereocenters. The largest absolute Gasteiger partial charge is 0.490 e. The van der Waals surface area contributed by atoms with Crippen molar-refractivity contribution in [3.8, 4) is 5.75 Å². The van der Waals surface area contributed by atoms with Gasteiger partial charge in [0, 0.05) is 38.8 Å². The zero-order valence-electron chi connectivity index (χ0n) is 14.2. The minimum atomic E-state index is 0.389. The third kappa shape index (κ3) is 3.54. The maximum Gasteiger partial charge on any atom is 0.120 e. The minimum absolute atomic E-state index is 0.389. The summed E-state index contributed by atoms with van der Waals surface area (Å²) in [5.41, 5.74) is 2.95. The zero-order valence-corrected chi connectivity index (χ0v) is 14.2. The predicted octanol–water partition coefficient (Wildman–Crippen LogP) is 2.31. The van der Waals surface area contributed by atoms with Crippen LogP contribution in [0.2, 0.25) is 0 Å². The molecule has 0 radical (unpaired) electrons. The average Bonchev–Trinajstić information content (AvgIpc) is 3.11. The van der Waals surface area contributed by atoms with Crippen LogP contribution in [-0.2, 0) is 17.7 Å². The molecule has 0 bridgehead atoms. The third-order valence-corrected chi connectivity index (χ3v) is 5.61. The van der Waals surface area contributed by atoms with Crippen molar-refractivity contribution in [2.75, 3.05) is 39.9 Å². The van der Waals surface area contributed by atoms with Crippen LogP contribution in [0.5, 0.6) is 5.75 Å². The number of ether oxygens (including phenoxy) is 2. The molecule has 2 saturated heterocycles. The molecule has 1 aromatic rings. The lowest BCUT2D eigenvalue weighted by atomic mass is 9.98. The summed E-state index contributed by atoms with van der Waals surface area (Å²) in [5.74, 6) is 1.07. The summed E-state index contributed by atoms with van der Waals surface area (Å²) in [7, 11) is 2.19. The molecule has 3 heterocycles. The van der Waals surface area contributed by atoms with Crippen molar-refractivity contribution in [2.24, 2.45) is 0 Å². The van der Waals surface area contributed by atoms with E-state index in [-0.39, 0.29) is 0 Å². The van der Waals surface area contributed by atoms with Crippen molar-refractivity contribution < 1.29 is 9.47 Å². The molecule has 2 fully saturated rings. The highest BCUT2D eigenvalue weighted by Gasteiger charge is 2.27. The predicted molar refractivity (Wildman–Crippen MR) is 90.9 cm³/mol. The zero-order chi connectivity index (χ0) is 15.6. The molecule has 1 aromatic carbocycles. The molecule has 0 spiro atoms. The fraction of sp³-hybridized carbons (Fsp3) is 0.684. The van der Waals surface area contributed by atoms with Gasteiger partial charge in [-0.2, -0.15) is 0 Å². The van der Waals surface area contributed by atoms with Crippen LogP contribution in [0.3, 0.4) is 0 Å². The normalized spacial score (nSPS) is 27.1. The summed E-state index contributed by atoms with van der Waals surface area (Å²) in [4.78, 5) is 4.97. The Morgan fingerprint density at radius 2 is 1.96 bits per heavy atom. The lowest BCUT2D eigenvalue weighted by Gasteiger charge is -2.33. The fourth-order valence-electron chi connectivity index (χ4n) is 4.04. The summed E-state index contributed by atoms with van der Waals surface area (Å²) in [6, 6.07) is 7.36. The van der Waals surface area contributed by atoms with E-state index >= 15 is 0 Å². The van der Waals surface area contributed by atoms with Crippen LogP contribution in [0.25, 0.3) is 0 Å². The lowest BCUT2D eigenvalue weighted by molar-refractivity contribution is 0.113. The van der Waals surface area contributed by atoms with Gasteiger partial charge in [0.25, 0.3) is 0 Å². The number of benzene rings is 1. The van der Waals surface area contributed by atoms with E-state index in [1.165, 1.54) is 17.5 Å². The number of fused-ring (bicyclic) bond motifs is 1. The molecule has 0 saturated carbocycles. The highest BCUT2D eigenvalue weighted by Crippen LogP contribution is 2.28. The molecule has 0 unspecified atom stereocenters. The van der Waals surface area contributed by atoms with Crippen LogP contribution in [0.15, 0.2) is 18.2 Å². The molecule has 4 rings (SSSR count). The van der Waals surface area contributed by atoms with Crippen molar-refractivity contribution in [3.63, 3.8) is 0 Å². The molecule has 0 aromatic heterocycles. The molecule has 0 aliphatic carbocycles. The van der Waals surface area contributed by atoms with Crippen LogP contribution in [-0.4, -0.2) is 61.8 Å². The number of rotatable bonds is 3. The molecule has 126 valence electrons. The van der Waals surface area contributed by atoms with E-state index in [2.05, 4.69) is 35.0 Å². The molecule has 4 nitrogen and oxygen atoms in total. The average molecular weight is 316 g/mol. The first-order chi connectivity index (χ1) is 11.3. The van der Waals surface area contributed by atoms with E-state index in [4.69, 9.17) is 9.47 Å². The van der Waals surface area contributed by atoms with Crippen LogP contribution in [0, 0.1) is 0 Å². The Labute approximate surface area is 139 Å². The van der Waals surface area contributed by atoms with Gasteiger partial charge in [0.05, 0.1) is 6.61 Å². The SMILES string of the molecule is CN1CCC(Oc2ccc3c(c2)CCN([C@H]2CCOC2)C3)CC1. The van der Waals surface area contributed by atoms with Gasteiger partial charge in [0.2, 0.25) is 0 Å². The first kappa shape index (κ1) is 15.4. The molecular formula is C19H28N2O2. The van der Waals surface area contributed by atoms with Gasteiger partial charge in [-0.1, -0.05) is 6.07 Å².